The van der Waals surface area contributed by atoms with Crippen molar-refractivity contribution in [3.63, 3.8) is 0 Å². The molecule has 2 aliphatic carbocycles. The molecule has 0 aromatic heterocycles. The Balaban J connectivity index is 1.22. The summed E-state index contributed by atoms with van der Waals surface area (Å²) in [7, 11) is 0. The highest BCUT2D eigenvalue weighted by Gasteiger charge is 2.70. The van der Waals surface area contributed by atoms with Gasteiger partial charge >= 0.3 is 0 Å². The van der Waals surface area contributed by atoms with Gasteiger partial charge in [0.1, 0.15) is 6.10 Å². The first kappa shape index (κ1) is 19.4. The maximum Gasteiger partial charge on any atom is 0.269 e. The van der Waals surface area contributed by atoms with E-state index in [-0.39, 0.29) is 41.4 Å². The lowest BCUT2D eigenvalue weighted by Gasteiger charge is -2.29. The number of amides is 2. The van der Waals surface area contributed by atoms with Crippen molar-refractivity contribution in [3.05, 3.63) is 82.4 Å². The Morgan fingerprint density at radius 2 is 1.59 bits per heavy atom. The molecule has 2 heterocycles. The summed E-state index contributed by atoms with van der Waals surface area (Å²) in [5.41, 5.74) is 2.09. The van der Waals surface area contributed by atoms with Gasteiger partial charge in [-0.05, 0) is 47.4 Å². The average Bonchev–Trinajstić information content (AvgIpc) is 3.59. The van der Waals surface area contributed by atoms with Crippen LogP contribution in [0.1, 0.15) is 12.0 Å². The van der Waals surface area contributed by atoms with Gasteiger partial charge in [-0.3, -0.25) is 24.6 Å². The Morgan fingerprint density at radius 1 is 0.882 bits per heavy atom. The number of nitro benzene ring substituents is 1. The van der Waals surface area contributed by atoms with Gasteiger partial charge in [-0.2, -0.15) is 0 Å². The predicted molar refractivity (Wildman–Crippen MR) is 123 cm³/mol. The van der Waals surface area contributed by atoms with Crippen LogP contribution >= 0.6 is 0 Å². The zero-order valence-electron chi connectivity index (χ0n) is 17.9. The number of carbonyl (C=O) groups excluding carboxylic acids is 2. The smallest absolute Gasteiger partial charge is 0.269 e. The molecule has 3 aromatic rings. The molecule has 168 valence electrons. The molecule has 0 spiro atoms. The van der Waals surface area contributed by atoms with Gasteiger partial charge in [0, 0.05) is 29.5 Å². The van der Waals surface area contributed by atoms with Gasteiger partial charge in [-0.25, -0.2) is 0 Å². The summed E-state index contributed by atoms with van der Waals surface area (Å²) in [6.45, 7) is 0. The number of anilines is 1. The van der Waals surface area contributed by atoms with Crippen LogP contribution in [0.4, 0.5) is 11.4 Å². The number of rotatable bonds is 3. The minimum absolute atomic E-state index is 0.00964. The van der Waals surface area contributed by atoms with Gasteiger partial charge in [-0.15, -0.1) is 0 Å². The molecule has 8 nitrogen and oxygen atoms in total. The van der Waals surface area contributed by atoms with Gasteiger partial charge in [0.25, 0.3) is 5.69 Å². The summed E-state index contributed by atoms with van der Waals surface area (Å²) in [4.78, 5) is 44.9. The number of hydrogen-bond acceptors (Lipinski definition) is 6. The Labute approximate surface area is 193 Å². The Hall–Kier alpha value is -4.07. The molecule has 0 radical (unpaired) electrons. The summed E-state index contributed by atoms with van der Waals surface area (Å²) < 4.78 is 0. The van der Waals surface area contributed by atoms with Crippen molar-refractivity contribution in [1.29, 1.82) is 0 Å². The Morgan fingerprint density at radius 3 is 2.32 bits per heavy atom. The van der Waals surface area contributed by atoms with Crippen molar-refractivity contribution in [1.82, 2.24) is 0 Å². The number of non-ortho nitro benzene ring substituents is 1. The molecular formula is C26H19N3O5. The number of oxime groups is 1. The minimum Gasteiger partial charge on any atom is -0.391 e. The van der Waals surface area contributed by atoms with Crippen molar-refractivity contribution in [2.75, 3.05) is 4.90 Å². The second-order valence-electron chi connectivity index (χ2n) is 9.53. The number of imide groups is 1. The van der Waals surface area contributed by atoms with E-state index in [1.807, 2.05) is 42.5 Å². The molecule has 4 aliphatic rings. The molecule has 7 rings (SSSR count). The second-order valence-corrected chi connectivity index (χ2v) is 9.53. The molecule has 2 aliphatic heterocycles. The Bertz CT molecular complexity index is 1430. The standard InChI is InChI=1S/C26H19N3O5/c30-25-20-18-12-19(24-22(18)23(27-34-24)14-6-8-16(9-7-14)29(32)33)21(20)26(31)28(25)17-10-5-13-3-1-2-4-15(13)11-17/h1-11,18-22,24H,12H2/t18-,19-,20+,21-,22-,24+/m0/s1. The normalized spacial score (nSPS) is 30.9. The number of benzene rings is 3. The largest absolute Gasteiger partial charge is 0.391 e. The fraction of sp³-hybridized carbons (Fsp3) is 0.269. The summed E-state index contributed by atoms with van der Waals surface area (Å²) >= 11 is 0. The summed E-state index contributed by atoms with van der Waals surface area (Å²) in [5, 5.41) is 17.3. The van der Waals surface area contributed by atoms with Crippen LogP contribution in [-0.2, 0) is 14.4 Å². The molecule has 0 unspecified atom stereocenters. The van der Waals surface area contributed by atoms with Crippen molar-refractivity contribution in [2.24, 2.45) is 34.7 Å². The fourth-order valence-electron chi connectivity index (χ4n) is 6.69. The average molecular weight is 453 g/mol. The van der Waals surface area contributed by atoms with Crippen LogP contribution in [0, 0.1) is 39.7 Å². The van der Waals surface area contributed by atoms with E-state index < -0.39 is 16.8 Å². The molecule has 2 saturated carbocycles. The van der Waals surface area contributed by atoms with E-state index in [0.29, 0.717) is 5.69 Å². The number of nitro groups is 1. The molecule has 0 N–H and O–H groups in total. The summed E-state index contributed by atoms with van der Waals surface area (Å²) in [6.07, 6.45) is 0.504. The molecule has 2 bridgehead atoms. The molecule has 6 atom stereocenters. The van der Waals surface area contributed by atoms with Crippen LogP contribution in [0.15, 0.2) is 71.9 Å². The maximum absolute atomic E-state index is 13.6. The van der Waals surface area contributed by atoms with Crippen LogP contribution in [0.5, 0.6) is 0 Å². The van der Waals surface area contributed by atoms with Gasteiger partial charge in [0.05, 0.1) is 28.2 Å². The Kier molecular flexibility index (Phi) is 3.84. The van der Waals surface area contributed by atoms with Crippen molar-refractivity contribution < 1.29 is 19.3 Å². The van der Waals surface area contributed by atoms with E-state index >= 15 is 0 Å². The predicted octanol–water partition coefficient (Wildman–Crippen LogP) is 3.92. The van der Waals surface area contributed by atoms with E-state index in [0.717, 1.165) is 28.5 Å². The zero-order valence-corrected chi connectivity index (χ0v) is 17.9. The molecule has 2 amide bonds. The molecule has 1 saturated heterocycles. The number of nitrogens with zero attached hydrogens (tertiary/aromatic N) is 3. The lowest BCUT2D eigenvalue weighted by atomic mass is 9.71. The van der Waals surface area contributed by atoms with Gasteiger partial charge in [-0.1, -0.05) is 35.5 Å². The first-order chi connectivity index (χ1) is 16.5. The highest BCUT2D eigenvalue weighted by molar-refractivity contribution is 6.23. The topological polar surface area (TPSA) is 102 Å². The van der Waals surface area contributed by atoms with Crippen LogP contribution in [0.25, 0.3) is 10.8 Å². The first-order valence-corrected chi connectivity index (χ1v) is 11.4. The first-order valence-electron chi connectivity index (χ1n) is 11.4. The number of carbonyl (C=O) groups is 2. The second kappa shape index (κ2) is 6.72. The van der Waals surface area contributed by atoms with E-state index in [4.69, 9.17) is 4.84 Å². The van der Waals surface area contributed by atoms with Crippen LogP contribution in [-0.4, -0.2) is 28.6 Å². The third-order valence-corrected chi connectivity index (χ3v) is 8.06. The van der Waals surface area contributed by atoms with E-state index in [1.165, 1.54) is 17.0 Å². The van der Waals surface area contributed by atoms with Gasteiger partial charge in [0.2, 0.25) is 11.8 Å². The highest BCUT2D eigenvalue weighted by Crippen LogP contribution is 2.62. The van der Waals surface area contributed by atoms with Crippen LogP contribution in [0.3, 0.4) is 0 Å². The van der Waals surface area contributed by atoms with E-state index in [1.54, 1.807) is 12.1 Å². The van der Waals surface area contributed by atoms with Crippen LogP contribution in [0.2, 0.25) is 0 Å². The van der Waals surface area contributed by atoms with Gasteiger partial charge in [0.15, 0.2) is 0 Å². The molecule has 34 heavy (non-hydrogen) atoms. The lowest BCUT2D eigenvalue weighted by Crippen LogP contribution is -2.41. The van der Waals surface area contributed by atoms with Crippen molar-refractivity contribution in [2.45, 2.75) is 12.5 Å². The minimum atomic E-state index is -0.439. The van der Waals surface area contributed by atoms with Crippen LogP contribution < -0.4 is 4.90 Å². The lowest BCUT2D eigenvalue weighted by molar-refractivity contribution is -0.384. The quantitative estimate of drug-likeness (QED) is 0.340. The molecule has 3 fully saturated rings. The molecular weight excluding hydrogens is 434 g/mol. The third-order valence-electron chi connectivity index (χ3n) is 8.06. The summed E-state index contributed by atoms with van der Waals surface area (Å²) in [6, 6.07) is 19.8. The fourth-order valence-corrected chi connectivity index (χ4v) is 6.69. The van der Waals surface area contributed by atoms with Crippen molar-refractivity contribution >= 4 is 39.7 Å². The molecule has 3 aromatic carbocycles. The van der Waals surface area contributed by atoms with E-state index in [9.17, 15) is 19.7 Å². The third kappa shape index (κ3) is 2.45. The number of hydrogen-bond donors (Lipinski definition) is 0. The van der Waals surface area contributed by atoms with Crippen molar-refractivity contribution in [3.8, 4) is 0 Å². The van der Waals surface area contributed by atoms with E-state index in [2.05, 4.69) is 5.16 Å². The summed E-state index contributed by atoms with van der Waals surface area (Å²) in [5.74, 6) is -1.29. The SMILES string of the molecule is O=C1[C@@H]2[C@@H]3C[C@H]([C@H]4ON=C(c5ccc([N+](=O)[O-])cc5)[C@H]34)[C@@H]2C(=O)N1c1ccc2ccccc2c1. The maximum atomic E-state index is 13.6. The zero-order chi connectivity index (χ0) is 23.1. The monoisotopic (exact) mass is 453 g/mol. The highest BCUT2D eigenvalue weighted by atomic mass is 16.6. The molecule has 8 heteroatoms. The number of fused-ring (bicyclic) bond motifs is 9. The van der Waals surface area contributed by atoms with Gasteiger partial charge < -0.3 is 4.84 Å².